The maximum absolute atomic E-state index is 10.3. The van der Waals surface area contributed by atoms with Crippen LogP contribution in [-0.2, 0) is 0 Å². The van der Waals surface area contributed by atoms with E-state index in [1.165, 1.54) is 18.2 Å². The first-order valence-electron chi connectivity index (χ1n) is 4.56. The first-order chi connectivity index (χ1) is 8.11. The SMILES string of the molecule is O.O=C([O-])c1cccc(C(=O)[O-])c1.[Mg+2].c1c[nH]cn1. The summed E-state index contributed by atoms with van der Waals surface area (Å²) in [5.41, 5.74) is -0.339. The molecule has 0 bridgehead atoms. The van der Waals surface area contributed by atoms with E-state index < -0.39 is 11.9 Å². The van der Waals surface area contributed by atoms with Crippen molar-refractivity contribution >= 4 is 35.0 Å². The molecule has 19 heavy (non-hydrogen) atoms. The van der Waals surface area contributed by atoms with Crippen molar-refractivity contribution in [2.75, 3.05) is 0 Å². The summed E-state index contributed by atoms with van der Waals surface area (Å²) < 4.78 is 0. The average Bonchev–Trinajstić information content (AvgIpc) is 2.87. The van der Waals surface area contributed by atoms with Crippen LogP contribution in [0.3, 0.4) is 0 Å². The van der Waals surface area contributed by atoms with Gasteiger partial charge in [0.2, 0.25) is 0 Å². The quantitative estimate of drug-likeness (QED) is 0.609. The molecule has 1 aromatic carbocycles. The molecule has 0 saturated carbocycles. The largest absolute Gasteiger partial charge is 2.00 e. The van der Waals surface area contributed by atoms with E-state index in [-0.39, 0.29) is 39.7 Å². The number of carboxylic acid groups (broad SMARTS) is 2. The Balaban J connectivity index is 0. The van der Waals surface area contributed by atoms with Gasteiger partial charge in [-0.25, -0.2) is 4.98 Å². The number of hydrogen-bond acceptors (Lipinski definition) is 5. The van der Waals surface area contributed by atoms with Crippen molar-refractivity contribution < 1.29 is 25.3 Å². The van der Waals surface area contributed by atoms with Crippen LogP contribution in [0, 0.1) is 0 Å². The topological polar surface area (TPSA) is 140 Å². The molecular weight excluding hydrogens is 264 g/mol. The normalized spacial score (nSPS) is 8.00. The first kappa shape index (κ1) is 19.4. The Morgan fingerprint density at radius 3 is 1.89 bits per heavy atom. The number of carbonyl (C=O) groups excluding carboxylic acids is 2. The molecule has 0 unspecified atom stereocenters. The number of H-pyrrole nitrogens is 1. The summed E-state index contributed by atoms with van der Waals surface area (Å²) in [6.07, 6.45) is 5.08. The van der Waals surface area contributed by atoms with Gasteiger partial charge in [-0.3, -0.25) is 0 Å². The van der Waals surface area contributed by atoms with Crippen molar-refractivity contribution in [2.24, 2.45) is 0 Å². The number of carboxylic acids is 2. The molecule has 0 radical (unpaired) electrons. The Morgan fingerprint density at radius 2 is 1.63 bits per heavy atom. The minimum absolute atomic E-state index is 0. The van der Waals surface area contributed by atoms with Gasteiger partial charge in [-0.05, 0) is 17.2 Å². The van der Waals surface area contributed by atoms with Gasteiger partial charge in [0.1, 0.15) is 0 Å². The van der Waals surface area contributed by atoms with Crippen LogP contribution < -0.4 is 10.2 Å². The Hall–Kier alpha value is -1.90. The molecule has 2 rings (SSSR count). The van der Waals surface area contributed by atoms with Crippen LogP contribution in [0.15, 0.2) is 43.0 Å². The van der Waals surface area contributed by atoms with Crippen LogP contribution in [0.2, 0.25) is 0 Å². The van der Waals surface area contributed by atoms with Crippen molar-refractivity contribution in [1.29, 1.82) is 0 Å². The van der Waals surface area contributed by atoms with Crippen LogP contribution >= 0.6 is 0 Å². The number of nitrogens with one attached hydrogen (secondary N) is 1. The Bertz CT molecular complexity index is 455. The van der Waals surface area contributed by atoms with Gasteiger partial charge in [0, 0.05) is 12.4 Å². The van der Waals surface area contributed by atoms with Crippen LogP contribution in [0.25, 0.3) is 0 Å². The van der Waals surface area contributed by atoms with Gasteiger partial charge in [0.15, 0.2) is 0 Å². The predicted octanol–water partition coefficient (Wildman–Crippen LogP) is -2.38. The third-order valence-corrected chi connectivity index (χ3v) is 1.74. The summed E-state index contributed by atoms with van der Waals surface area (Å²) in [6.45, 7) is 0. The van der Waals surface area contributed by atoms with Gasteiger partial charge >= 0.3 is 23.1 Å². The summed E-state index contributed by atoms with van der Waals surface area (Å²) in [5.74, 6) is -2.81. The molecular formula is C11H10MgN2O5. The summed E-state index contributed by atoms with van der Waals surface area (Å²) >= 11 is 0. The van der Waals surface area contributed by atoms with Gasteiger partial charge in [-0.1, -0.05) is 18.2 Å². The molecule has 0 aliphatic carbocycles. The smallest absolute Gasteiger partial charge is 0.545 e. The fraction of sp³-hybridized carbons (Fsp3) is 0. The van der Waals surface area contributed by atoms with E-state index in [0.29, 0.717) is 0 Å². The molecule has 1 aromatic heterocycles. The van der Waals surface area contributed by atoms with Crippen LogP contribution in [0.4, 0.5) is 0 Å². The van der Waals surface area contributed by atoms with E-state index in [4.69, 9.17) is 0 Å². The molecule has 0 amide bonds. The van der Waals surface area contributed by atoms with E-state index >= 15 is 0 Å². The fourth-order valence-corrected chi connectivity index (χ4v) is 0.988. The second kappa shape index (κ2) is 10.1. The van der Waals surface area contributed by atoms with E-state index in [0.717, 1.165) is 6.07 Å². The summed E-state index contributed by atoms with van der Waals surface area (Å²) in [7, 11) is 0. The molecule has 1 heterocycles. The second-order valence-corrected chi connectivity index (χ2v) is 2.92. The predicted molar refractivity (Wildman–Crippen MR) is 63.1 cm³/mol. The van der Waals surface area contributed by atoms with Crippen molar-refractivity contribution in [3.05, 3.63) is 54.1 Å². The Labute approximate surface area is 124 Å². The number of rotatable bonds is 2. The molecule has 2 aromatic rings. The number of benzene rings is 1. The average molecular weight is 275 g/mol. The molecule has 8 heteroatoms. The van der Waals surface area contributed by atoms with E-state index in [1.54, 1.807) is 18.7 Å². The molecule has 7 nitrogen and oxygen atoms in total. The van der Waals surface area contributed by atoms with E-state index in [1.807, 2.05) is 0 Å². The molecule has 0 saturated heterocycles. The standard InChI is InChI=1S/C8H6O4.C3H4N2.Mg.H2O/c9-7(10)5-2-1-3-6(4-5)8(11)12;1-2-5-3-4-1;;/h1-4H,(H,9,10)(H,11,12);1-3H,(H,4,5);;1H2/q;;+2;/p-2. The summed E-state index contributed by atoms with van der Waals surface area (Å²) in [4.78, 5) is 26.9. The zero-order valence-corrected chi connectivity index (χ0v) is 11.2. The number of imidazole rings is 1. The minimum Gasteiger partial charge on any atom is -0.545 e. The number of aromatic amines is 1. The van der Waals surface area contributed by atoms with Gasteiger partial charge in [-0.2, -0.15) is 0 Å². The maximum Gasteiger partial charge on any atom is 2.00 e. The maximum atomic E-state index is 10.3. The van der Waals surface area contributed by atoms with E-state index in [9.17, 15) is 19.8 Å². The van der Waals surface area contributed by atoms with Crippen molar-refractivity contribution in [1.82, 2.24) is 9.97 Å². The molecule has 0 spiro atoms. The number of aromatic nitrogens is 2. The second-order valence-electron chi connectivity index (χ2n) is 2.92. The number of carbonyl (C=O) groups is 2. The van der Waals surface area contributed by atoms with Crippen LogP contribution in [0.5, 0.6) is 0 Å². The Kier molecular flexibility index (Phi) is 10.3. The molecule has 0 aliphatic heterocycles. The van der Waals surface area contributed by atoms with Gasteiger partial charge < -0.3 is 30.3 Å². The number of hydrogen-bond donors (Lipinski definition) is 1. The Morgan fingerprint density at radius 1 is 1.11 bits per heavy atom. The van der Waals surface area contributed by atoms with Gasteiger partial charge in [-0.15, -0.1) is 0 Å². The third-order valence-electron chi connectivity index (χ3n) is 1.74. The van der Waals surface area contributed by atoms with Crippen LogP contribution in [0.1, 0.15) is 20.7 Å². The summed E-state index contributed by atoms with van der Waals surface area (Å²) in [6, 6.07) is 4.81. The molecule has 0 atom stereocenters. The molecule has 96 valence electrons. The minimum atomic E-state index is -1.40. The van der Waals surface area contributed by atoms with Crippen LogP contribution in [-0.4, -0.2) is 50.4 Å². The molecule has 0 fully saturated rings. The van der Waals surface area contributed by atoms with Gasteiger partial charge in [0.05, 0.1) is 18.3 Å². The number of nitrogens with zero attached hydrogens (tertiary/aromatic N) is 1. The molecule has 3 N–H and O–H groups in total. The van der Waals surface area contributed by atoms with Crippen molar-refractivity contribution in [3.63, 3.8) is 0 Å². The van der Waals surface area contributed by atoms with E-state index in [2.05, 4.69) is 9.97 Å². The zero-order valence-electron chi connectivity index (χ0n) is 9.83. The first-order valence-corrected chi connectivity index (χ1v) is 4.56. The van der Waals surface area contributed by atoms with Crippen molar-refractivity contribution in [2.45, 2.75) is 0 Å². The van der Waals surface area contributed by atoms with Gasteiger partial charge in [0.25, 0.3) is 0 Å². The zero-order chi connectivity index (χ0) is 12.7. The monoisotopic (exact) mass is 274 g/mol. The summed E-state index contributed by atoms with van der Waals surface area (Å²) in [5, 5.41) is 20.5. The third kappa shape index (κ3) is 7.19. The molecule has 0 aliphatic rings. The number of aromatic carboxylic acids is 2. The van der Waals surface area contributed by atoms with Crippen molar-refractivity contribution in [3.8, 4) is 0 Å². The fourth-order valence-electron chi connectivity index (χ4n) is 0.988.